The van der Waals surface area contributed by atoms with Gasteiger partial charge >= 0.3 is 5.97 Å². The molecular formula is C16H21N3O2. The van der Waals surface area contributed by atoms with Crippen molar-refractivity contribution in [1.82, 2.24) is 14.3 Å². The molecule has 0 spiro atoms. The molecule has 0 amide bonds. The number of carboxylic acid groups (broad SMARTS) is 1. The lowest BCUT2D eigenvalue weighted by Crippen LogP contribution is -2.33. The number of aryl methyl sites for hydroxylation is 1. The summed E-state index contributed by atoms with van der Waals surface area (Å²) >= 11 is 0. The number of pyridine rings is 1. The zero-order valence-electron chi connectivity index (χ0n) is 12.5. The molecule has 0 aromatic carbocycles. The van der Waals surface area contributed by atoms with Crippen molar-refractivity contribution in [3.05, 3.63) is 35.4 Å². The van der Waals surface area contributed by atoms with Crippen LogP contribution in [-0.4, -0.2) is 45.0 Å². The maximum Gasteiger partial charge on any atom is 0.356 e. The van der Waals surface area contributed by atoms with E-state index < -0.39 is 5.97 Å². The maximum atomic E-state index is 11.5. The van der Waals surface area contributed by atoms with E-state index in [9.17, 15) is 9.90 Å². The van der Waals surface area contributed by atoms with Gasteiger partial charge in [0, 0.05) is 12.1 Å². The molecule has 1 aliphatic rings. The van der Waals surface area contributed by atoms with Crippen molar-refractivity contribution in [2.45, 2.75) is 32.6 Å². The Labute approximate surface area is 124 Å². The van der Waals surface area contributed by atoms with Crippen LogP contribution in [0, 0.1) is 6.92 Å². The number of hydrogen-bond acceptors (Lipinski definition) is 3. The Kier molecular flexibility index (Phi) is 3.68. The zero-order chi connectivity index (χ0) is 15.0. The van der Waals surface area contributed by atoms with Crippen molar-refractivity contribution in [2.75, 3.05) is 19.6 Å². The lowest BCUT2D eigenvalue weighted by Gasteiger charge is -2.30. The second-order valence-corrected chi connectivity index (χ2v) is 5.74. The third kappa shape index (κ3) is 2.42. The van der Waals surface area contributed by atoms with Crippen LogP contribution in [0.25, 0.3) is 5.52 Å². The predicted octanol–water partition coefficient (Wildman–Crippen LogP) is 2.54. The number of nitrogens with zero attached hydrogens (tertiary/aromatic N) is 3. The number of piperidine rings is 1. The molecule has 3 rings (SSSR count). The molecule has 1 saturated heterocycles. The summed E-state index contributed by atoms with van der Waals surface area (Å²) in [4.78, 5) is 18.4. The molecule has 0 unspecified atom stereocenters. The first kappa shape index (κ1) is 14.1. The van der Waals surface area contributed by atoms with Gasteiger partial charge in [-0.3, -0.25) is 0 Å². The molecular weight excluding hydrogens is 266 g/mol. The molecule has 5 nitrogen and oxygen atoms in total. The number of imidazole rings is 1. The Morgan fingerprint density at radius 2 is 2.14 bits per heavy atom. The van der Waals surface area contributed by atoms with Gasteiger partial charge in [-0.15, -0.1) is 0 Å². The summed E-state index contributed by atoms with van der Waals surface area (Å²) in [6.07, 6.45) is 4.02. The highest BCUT2D eigenvalue weighted by Gasteiger charge is 2.26. The molecule has 0 radical (unpaired) electrons. The smallest absolute Gasteiger partial charge is 0.356 e. The quantitative estimate of drug-likeness (QED) is 0.942. The van der Waals surface area contributed by atoms with Gasteiger partial charge in [0.15, 0.2) is 5.69 Å². The van der Waals surface area contributed by atoms with Gasteiger partial charge in [-0.2, -0.15) is 0 Å². The van der Waals surface area contributed by atoms with Crippen molar-refractivity contribution in [3.63, 3.8) is 0 Å². The van der Waals surface area contributed by atoms with E-state index in [4.69, 9.17) is 0 Å². The van der Waals surface area contributed by atoms with E-state index in [0.29, 0.717) is 5.92 Å². The van der Waals surface area contributed by atoms with Gasteiger partial charge in [0.2, 0.25) is 0 Å². The summed E-state index contributed by atoms with van der Waals surface area (Å²) in [5.74, 6) is 0.302. The Morgan fingerprint density at radius 1 is 1.43 bits per heavy atom. The Balaban J connectivity index is 2.04. The number of hydrogen-bond donors (Lipinski definition) is 1. The van der Waals surface area contributed by atoms with E-state index in [1.807, 2.05) is 29.7 Å². The third-order valence-electron chi connectivity index (χ3n) is 4.50. The normalized spacial score (nSPS) is 17.4. The number of aromatic nitrogens is 2. The molecule has 1 aliphatic heterocycles. The van der Waals surface area contributed by atoms with Gasteiger partial charge in [0.05, 0.1) is 5.52 Å². The molecule has 0 aliphatic carbocycles. The topological polar surface area (TPSA) is 57.8 Å². The Morgan fingerprint density at radius 3 is 2.76 bits per heavy atom. The van der Waals surface area contributed by atoms with Crippen LogP contribution in [0.3, 0.4) is 0 Å². The Bertz CT molecular complexity index is 669. The summed E-state index contributed by atoms with van der Waals surface area (Å²) < 4.78 is 1.98. The van der Waals surface area contributed by atoms with Crippen LogP contribution in [0.15, 0.2) is 18.3 Å². The van der Waals surface area contributed by atoms with Crippen LogP contribution in [0.1, 0.15) is 47.6 Å². The van der Waals surface area contributed by atoms with E-state index in [-0.39, 0.29) is 5.69 Å². The zero-order valence-corrected chi connectivity index (χ0v) is 12.5. The van der Waals surface area contributed by atoms with Gasteiger partial charge in [-0.05, 0) is 51.0 Å². The summed E-state index contributed by atoms with van der Waals surface area (Å²) in [6.45, 7) is 7.31. The fourth-order valence-electron chi connectivity index (χ4n) is 3.27. The number of carbonyl (C=O) groups is 1. The van der Waals surface area contributed by atoms with Crippen molar-refractivity contribution < 1.29 is 9.90 Å². The SMILES string of the molecule is CCN1CCC(c2nc(C(=O)O)c3c(C)cccn23)CC1. The lowest BCUT2D eigenvalue weighted by atomic mass is 9.96. The van der Waals surface area contributed by atoms with Gasteiger partial charge < -0.3 is 14.4 Å². The first-order valence-corrected chi connectivity index (χ1v) is 7.55. The van der Waals surface area contributed by atoms with E-state index in [0.717, 1.165) is 49.4 Å². The number of likely N-dealkylation sites (tertiary alicyclic amines) is 1. The maximum absolute atomic E-state index is 11.5. The van der Waals surface area contributed by atoms with Crippen LogP contribution in [0.4, 0.5) is 0 Å². The lowest BCUT2D eigenvalue weighted by molar-refractivity contribution is 0.0693. The molecule has 2 aromatic heterocycles. The number of rotatable bonds is 3. The third-order valence-corrected chi connectivity index (χ3v) is 4.50. The van der Waals surface area contributed by atoms with Gasteiger partial charge in [0.25, 0.3) is 0 Å². The average molecular weight is 287 g/mol. The first-order valence-electron chi connectivity index (χ1n) is 7.55. The second kappa shape index (κ2) is 5.48. The van der Waals surface area contributed by atoms with Crippen LogP contribution >= 0.6 is 0 Å². The largest absolute Gasteiger partial charge is 0.476 e. The highest BCUT2D eigenvalue weighted by molar-refractivity contribution is 5.94. The van der Waals surface area contributed by atoms with Crippen LogP contribution in [0.2, 0.25) is 0 Å². The minimum atomic E-state index is -0.945. The highest BCUT2D eigenvalue weighted by atomic mass is 16.4. The van der Waals surface area contributed by atoms with Crippen LogP contribution in [-0.2, 0) is 0 Å². The minimum absolute atomic E-state index is 0.182. The molecule has 2 aromatic rings. The molecule has 0 saturated carbocycles. The van der Waals surface area contributed by atoms with E-state index in [2.05, 4.69) is 16.8 Å². The van der Waals surface area contributed by atoms with Crippen molar-refractivity contribution >= 4 is 11.5 Å². The predicted molar refractivity (Wildman–Crippen MR) is 81.0 cm³/mol. The molecule has 0 bridgehead atoms. The highest BCUT2D eigenvalue weighted by Crippen LogP contribution is 2.30. The molecule has 112 valence electrons. The average Bonchev–Trinajstić information content (AvgIpc) is 2.88. The van der Waals surface area contributed by atoms with Crippen molar-refractivity contribution in [3.8, 4) is 0 Å². The van der Waals surface area contributed by atoms with Crippen molar-refractivity contribution in [2.24, 2.45) is 0 Å². The first-order chi connectivity index (χ1) is 10.1. The number of aromatic carboxylic acids is 1. The number of fused-ring (bicyclic) bond motifs is 1. The molecule has 0 atom stereocenters. The molecule has 1 N–H and O–H groups in total. The summed E-state index contributed by atoms with van der Waals surface area (Å²) in [7, 11) is 0. The summed E-state index contributed by atoms with van der Waals surface area (Å²) in [5, 5.41) is 9.42. The van der Waals surface area contributed by atoms with E-state index >= 15 is 0 Å². The fraction of sp³-hybridized carbons (Fsp3) is 0.500. The fourth-order valence-corrected chi connectivity index (χ4v) is 3.27. The monoisotopic (exact) mass is 287 g/mol. The van der Waals surface area contributed by atoms with Gasteiger partial charge in [-0.25, -0.2) is 9.78 Å². The van der Waals surface area contributed by atoms with E-state index in [1.54, 1.807) is 0 Å². The molecule has 3 heterocycles. The van der Waals surface area contributed by atoms with Crippen molar-refractivity contribution in [1.29, 1.82) is 0 Å². The minimum Gasteiger partial charge on any atom is -0.476 e. The molecule has 1 fully saturated rings. The number of carboxylic acids is 1. The van der Waals surface area contributed by atoms with E-state index in [1.165, 1.54) is 0 Å². The van der Waals surface area contributed by atoms with Gasteiger partial charge in [0.1, 0.15) is 5.82 Å². The van der Waals surface area contributed by atoms with Crippen LogP contribution in [0.5, 0.6) is 0 Å². The molecule has 5 heteroatoms. The second-order valence-electron chi connectivity index (χ2n) is 5.74. The summed E-state index contributed by atoms with van der Waals surface area (Å²) in [5.41, 5.74) is 1.87. The van der Waals surface area contributed by atoms with Crippen LogP contribution < -0.4 is 0 Å². The Hall–Kier alpha value is -1.88. The molecule has 21 heavy (non-hydrogen) atoms. The standard InChI is InChI=1S/C16H21N3O2/c1-3-18-9-6-12(7-10-18)15-17-13(16(20)21)14-11(2)5-4-8-19(14)15/h4-5,8,12H,3,6-7,9-10H2,1-2H3,(H,20,21). The summed E-state index contributed by atoms with van der Waals surface area (Å²) in [6, 6.07) is 3.90. The van der Waals surface area contributed by atoms with Gasteiger partial charge in [-0.1, -0.05) is 13.0 Å².